The molecule has 0 aliphatic heterocycles. The Labute approximate surface area is 151 Å². The van der Waals surface area contributed by atoms with Gasteiger partial charge in [-0.3, -0.25) is 0 Å². The fourth-order valence-electron chi connectivity index (χ4n) is 1.85. The van der Waals surface area contributed by atoms with Crippen LogP contribution in [0.3, 0.4) is 0 Å². The molecule has 0 aromatic heterocycles. The zero-order valence-electron chi connectivity index (χ0n) is 13.6. The Morgan fingerprint density at radius 3 is 2.08 bits per heavy atom. The number of carbonyl (C=O) groups is 1. The summed E-state index contributed by atoms with van der Waals surface area (Å²) < 4.78 is 59.0. The molecule has 10 heteroatoms. The van der Waals surface area contributed by atoms with Gasteiger partial charge in [-0.05, 0) is 24.3 Å². The molecule has 8 nitrogen and oxygen atoms in total. The van der Waals surface area contributed by atoms with E-state index in [-0.39, 0.29) is 4.90 Å². The zero-order chi connectivity index (χ0) is 19.0. The molecular weight excluding hydrogens is 382 g/mol. The highest BCUT2D eigenvalue weighted by molar-refractivity contribution is 7.89. The van der Waals surface area contributed by atoms with Gasteiger partial charge in [0.1, 0.15) is 5.75 Å². The average molecular weight is 399 g/mol. The van der Waals surface area contributed by atoms with Gasteiger partial charge in [0.05, 0.1) is 10.6 Å². The number of nitrogens with one attached hydrogen (secondary N) is 1. The van der Waals surface area contributed by atoms with Crippen LogP contribution in [0, 0.1) is 0 Å². The number of hydrogen-bond acceptors (Lipinski definition) is 7. The molecular formula is C16H17NO7S2. The predicted octanol–water partition coefficient (Wildman–Crippen LogP) is 0.917. The Morgan fingerprint density at radius 2 is 1.46 bits per heavy atom. The summed E-state index contributed by atoms with van der Waals surface area (Å²) in [5.74, 6) is -1.41. The van der Waals surface area contributed by atoms with Crippen LogP contribution in [0.5, 0.6) is 5.75 Å². The summed E-state index contributed by atoms with van der Waals surface area (Å²) in [5.41, 5.74) is 0. The van der Waals surface area contributed by atoms with Crippen LogP contribution in [0.15, 0.2) is 65.6 Å². The number of ether oxygens (including phenoxy) is 1. The van der Waals surface area contributed by atoms with Crippen molar-refractivity contribution in [2.75, 3.05) is 18.9 Å². The Kier molecular flexibility index (Phi) is 6.72. The molecule has 140 valence electrons. The summed E-state index contributed by atoms with van der Waals surface area (Å²) in [6.07, 6.45) is 0. The van der Waals surface area contributed by atoms with E-state index in [4.69, 9.17) is 4.74 Å². The molecule has 0 saturated heterocycles. The van der Waals surface area contributed by atoms with Crippen LogP contribution in [0.1, 0.15) is 0 Å². The van der Waals surface area contributed by atoms with Gasteiger partial charge in [0.15, 0.2) is 6.61 Å². The molecule has 0 unspecified atom stereocenters. The van der Waals surface area contributed by atoms with Gasteiger partial charge in [-0.1, -0.05) is 36.4 Å². The third-order valence-electron chi connectivity index (χ3n) is 3.02. The first-order valence-corrected chi connectivity index (χ1v) is 10.5. The maximum Gasteiger partial charge on any atom is 0.359 e. The van der Waals surface area contributed by atoms with E-state index in [9.17, 15) is 21.6 Å². The minimum absolute atomic E-state index is 0.00524. The Hall–Kier alpha value is -2.43. The SMILES string of the molecule is O=C(COc1ccccc1)OS(=O)(=O)CCNS(=O)(=O)c1ccccc1. The van der Waals surface area contributed by atoms with Crippen LogP contribution in [-0.4, -0.2) is 41.7 Å². The van der Waals surface area contributed by atoms with Crippen LogP contribution in [0.4, 0.5) is 0 Å². The van der Waals surface area contributed by atoms with Crippen molar-refractivity contribution in [2.24, 2.45) is 0 Å². The van der Waals surface area contributed by atoms with Gasteiger partial charge in [-0.25, -0.2) is 17.9 Å². The minimum Gasteiger partial charge on any atom is -0.482 e. The lowest BCUT2D eigenvalue weighted by Gasteiger charge is -2.08. The molecule has 0 radical (unpaired) electrons. The first-order valence-electron chi connectivity index (χ1n) is 7.46. The second-order valence-corrected chi connectivity index (χ2v) is 8.49. The van der Waals surface area contributed by atoms with Crippen molar-refractivity contribution in [3.63, 3.8) is 0 Å². The van der Waals surface area contributed by atoms with E-state index in [0.29, 0.717) is 5.75 Å². The third-order valence-corrected chi connectivity index (χ3v) is 5.64. The summed E-state index contributed by atoms with van der Waals surface area (Å²) in [7, 11) is -8.08. The van der Waals surface area contributed by atoms with E-state index in [2.05, 4.69) is 8.91 Å². The Bertz CT molecular complexity index is 927. The van der Waals surface area contributed by atoms with E-state index in [0.717, 1.165) is 0 Å². The number of hydrogen-bond donors (Lipinski definition) is 1. The van der Waals surface area contributed by atoms with E-state index in [1.165, 1.54) is 12.1 Å². The van der Waals surface area contributed by atoms with Crippen LogP contribution in [-0.2, 0) is 29.1 Å². The van der Waals surface area contributed by atoms with Crippen LogP contribution in [0.25, 0.3) is 0 Å². The lowest BCUT2D eigenvalue weighted by Crippen LogP contribution is -2.31. The smallest absolute Gasteiger partial charge is 0.359 e. The van der Waals surface area contributed by atoms with Gasteiger partial charge < -0.3 is 8.92 Å². The van der Waals surface area contributed by atoms with Crippen molar-refractivity contribution in [2.45, 2.75) is 4.90 Å². The van der Waals surface area contributed by atoms with Gasteiger partial charge in [-0.15, -0.1) is 0 Å². The summed E-state index contributed by atoms with van der Waals surface area (Å²) >= 11 is 0. The molecule has 2 aromatic carbocycles. The van der Waals surface area contributed by atoms with Crippen LogP contribution < -0.4 is 9.46 Å². The normalized spacial score (nSPS) is 11.7. The third kappa shape index (κ3) is 6.47. The predicted molar refractivity (Wildman–Crippen MR) is 93.4 cm³/mol. The molecule has 2 aromatic rings. The molecule has 0 spiro atoms. The van der Waals surface area contributed by atoms with Crippen molar-refractivity contribution in [1.29, 1.82) is 0 Å². The molecule has 0 fully saturated rings. The monoisotopic (exact) mass is 399 g/mol. The van der Waals surface area contributed by atoms with Crippen molar-refractivity contribution in [1.82, 2.24) is 4.72 Å². The van der Waals surface area contributed by atoms with E-state index < -0.39 is 45.0 Å². The second kappa shape index (κ2) is 8.79. The lowest BCUT2D eigenvalue weighted by molar-refractivity contribution is -0.136. The molecule has 0 saturated carbocycles. The summed E-state index contributed by atoms with van der Waals surface area (Å²) in [6, 6.07) is 15.8. The van der Waals surface area contributed by atoms with Crippen molar-refractivity contribution < 1.29 is 30.6 Å². The average Bonchev–Trinajstić information content (AvgIpc) is 2.61. The fourth-order valence-corrected chi connectivity index (χ4v) is 3.80. The number of benzene rings is 2. The standard InChI is InChI=1S/C16H17NO7S2/c18-16(13-23-14-7-3-1-4-8-14)24-25(19,20)12-11-17-26(21,22)15-9-5-2-6-10-15/h1-10,17H,11-13H2. The summed E-state index contributed by atoms with van der Waals surface area (Å²) in [5, 5.41) is 0. The highest BCUT2D eigenvalue weighted by Gasteiger charge is 2.20. The van der Waals surface area contributed by atoms with Crippen LogP contribution in [0.2, 0.25) is 0 Å². The second-order valence-electron chi connectivity index (χ2n) is 5.03. The molecule has 0 heterocycles. The highest BCUT2D eigenvalue weighted by atomic mass is 32.2. The largest absolute Gasteiger partial charge is 0.482 e. The molecule has 0 aliphatic rings. The van der Waals surface area contributed by atoms with Gasteiger partial charge in [-0.2, -0.15) is 8.42 Å². The molecule has 0 atom stereocenters. The lowest BCUT2D eigenvalue weighted by atomic mass is 10.3. The topological polar surface area (TPSA) is 116 Å². The maximum absolute atomic E-state index is 12.0. The Balaban J connectivity index is 1.80. The number of rotatable bonds is 9. The molecule has 0 bridgehead atoms. The quantitative estimate of drug-likeness (QED) is 0.623. The first kappa shape index (κ1) is 19.9. The summed E-state index contributed by atoms with van der Waals surface area (Å²) in [6.45, 7) is -1.02. The number of carbonyl (C=O) groups excluding carboxylic acids is 1. The Morgan fingerprint density at radius 1 is 0.885 bits per heavy atom. The maximum atomic E-state index is 12.0. The molecule has 26 heavy (non-hydrogen) atoms. The minimum atomic E-state index is -4.25. The first-order chi connectivity index (χ1) is 12.3. The molecule has 0 amide bonds. The van der Waals surface area contributed by atoms with Gasteiger partial charge in [0.2, 0.25) is 10.0 Å². The van der Waals surface area contributed by atoms with Crippen molar-refractivity contribution in [3.8, 4) is 5.75 Å². The van der Waals surface area contributed by atoms with Crippen molar-refractivity contribution >= 4 is 26.1 Å². The van der Waals surface area contributed by atoms with Crippen LogP contribution >= 0.6 is 0 Å². The molecule has 1 N–H and O–H groups in total. The molecule has 2 rings (SSSR count). The van der Waals surface area contributed by atoms with Crippen molar-refractivity contribution in [3.05, 3.63) is 60.7 Å². The number of sulfonamides is 1. The van der Waals surface area contributed by atoms with Gasteiger partial charge in [0.25, 0.3) is 0 Å². The highest BCUT2D eigenvalue weighted by Crippen LogP contribution is 2.09. The van der Waals surface area contributed by atoms with Gasteiger partial charge in [0, 0.05) is 6.54 Å². The zero-order valence-corrected chi connectivity index (χ0v) is 15.2. The summed E-state index contributed by atoms with van der Waals surface area (Å²) in [4.78, 5) is 11.6. The van der Waals surface area contributed by atoms with E-state index in [1.807, 2.05) is 0 Å². The molecule has 0 aliphatic carbocycles. The fraction of sp³-hybridized carbons (Fsp3) is 0.188. The number of para-hydroxylation sites is 1. The van der Waals surface area contributed by atoms with E-state index in [1.54, 1.807) is 48.5 Å². The van der Waals surface area contributed by atoms with E-state index >= 15 is 0 Å². The van der Waals surface area contributed by atoms with Gasteiger partial charge >= 0.3 is 16.1 Å².